The second kappa shape index (κ2) is 7.13. The SMILES string of the molecule is O=C(CN1CC(=O)NC1=O)NCC(N1CCNCC1)C(F)(F)F. The Labute approximate surface area is 130 Å². The molecule has 3 N–H and O–H groups in total. The van der Waals surface area contributed by atoms with Crippen LogP contribution in [0.3, 0.4) is 0 Å². The standard InChI is InChI=1S/C12H18F3N5O3/c13-12(14,15)8(19-3-1-16-2-4-19)5-17-9(21)6-20-7-10(22)18-11(20)23/h8,16H,1-7H2,(H,17,21)(H,18,22,23). The third kappa shape index (κ3) is 4.79. The molecule has 8 nitrogen and oxygen atoms in total. The fourth-order valence-corrected chi connectivity index (χ4v) is 2.50. The van der Waals surface area contributed by atoms with Gasteiger partial charge in [0, 0.05) is 32.7 Å². The van der Waals surface area contributed by atoms with Crippen molar-refractivity contribution in [3.8, 4) is 0 Å². The highest BCUT2D eigenvalue weighted by molar-refractivity contribution is 6.03. The molecular weight excluding hydrogens is 319 g/mol. The van der Waals surface area contributed by atoms with Gasteiger partial charge in [0.25, 0.3) is 0 Å². The number of nitrogens with one attached hydrogen (secondary N) is 3. The van der Waals surface area contributed by atoms with Crippen molar-refractivity contribution in [1.82, 2.24) is 25.8 Å². The summed E-state index contributed by atoms with van der Waals surface area (Å²) < 4.78 is 39.4. The first-order valence-electron chi connectivity index (χ1n) is 7.14. The van der Waals surface area contributed by atoms with E-state index in [9.17, 15) is 27.6 Å². The molecule has 0 aromatic rings. The van der Waals surface area contributed by atoms with Crippen LogP contribution in [0.2, 0.25) is 0 Å². The smallest absolute Gasteiger partial charge is 0.353 e. The minimum Gasteiger partial charge on any atom is -0.353 e. The number of carbonyl (C=O) groups is 3. The molecule has 2 aliphatic rings. The average Bonchev–Trinajstić information content (AvgIpc) is 2.76. The van der Waals surface area contributed by atoms with Crippen LogP contribution >= 0.6 is 0 Å². The normalized spacial score (nSPS) is 21.3. The minimum atomic E-state index is -4.47. The van der Waals surface area contributed by atoms with E-state index in [4.69, 9.17) is 0 Å². The van der Waals surface area contributed by atoms with E-state index < -0.39 is 43.2 Å². The molecule has 0 aromatic carbocycles. The minimum absolute atomic E-state index is 0.239. The summed E-state index contributed by atoms with van der Waals surface area (Å²) in [5.41, 5.74) is 0. The van der Waals surface area contributed by atoms with Crippen molar-refractivity contribution < 1.29 is 27.6 Å². The number of piperazine rings is 1. The van der Waals surface area contributed by atoms with Crippen LogP contribution in [0.25, 0.3) is 0 Å². The maximum atomic E-state index is 13.1. The number of nitrogens with zero attached hydrogens (tertiary/aromatic N) is 2. The third-order valence-electron chi connectivity index (χ3n) is 3.67. The molecule has 2 saturated heterocycles. The zero-order valence-electron chi connectivity index (χ0n) is 12.3. The Morgan fingerprint density at radius 2 is 1.91 bits per heavy atom. The van der Waals surface area contributed by atoms with Crippen molar-refractivity contribution in [1.29, 1.82) is 0 Å². The van der Waals surface area contributed by atoms with Gasteiger partial charge in [0.1, 0.15) is 19.1 Å². The zero-order valence-corrected chi connectivity index (χ0v) is 12.3. The van der Waals surface area contributed by atoms with Crippen LogP contribution in [0.1, 0.15) is 0 Å². The number of alkyl halides is 3. The highest BCUT2D eigenvalue weighted by atomic mass is 19.4. The van der Waals surface area contributed by atoms with Gasteiger partial charge < -0.3 is 15.5 Å². The summed E-state index contributed by atoms with van der Waals surface area (Å²) in [6.45, 7) is 0.0710. The van der Waals surface area contributed by atoms with E-state index in [1.54, 1.807) is 0 Å². The molecule has 1 atom stereocenters. The molecule has 0 spiro atoms. The molecule has 23 heavy (non-hydrogen) atoms. The van der Waals surface area contributed by atoms with Gasteiger partial charge >= 0.3 is 12.2 Å². The summed E-state index contributed by atoms with van der Waals surface area (Å²) >= 11 is 0. The van der Waals surface area contributed by atoms with E-state index >= 15 is 0 Å². The number of imide groups is 1. The predicted octanol–water partition coefficient (Wildman–Crippen LogP) is -1.51. The van der Waals surface area contributed by atoms with Crippen molar-refractivity contribution in [2.24, 2.45) is 0 Å². The monoisotopic (exact) mass is 337 g/mol. The Hall–Kier alpha value is -1.88. The molecule has 0 radical (unpaired) electrons. The first kappa shape index (κ1) is 17.5. The van der Waals surface area contributed by atoms with E-state index in [-0.39, 0.29) is 19.6 Å². The number of hydrogen-bond acceptors (Lipinski definition) is 5. The Balaban J connectivity index is 1.86. The van der Waals surface area contributed by atoms with Gasteiger partial charge in [-0.2, -0.15) is 13.2 Å². The lowest BCUT2D eigenvalue weighted by Gasteiger charge is -2.36. The van der Waals surface area contributed by atoms with E-state index in [2.05, 4.69) is 10.6 Å². The summed E-state index contributed by atoms with van der Waals surface area (Å²) in [5.74, 6) is -1.28. The lowest BCUT2D eigenvalue weighted by Crippen LogP contribution is -2.58. The molecule has 0 aliphatic carbocycles. The van der Waals surface area contributed by atoms with E-state index in [0.717, 1.165) is 4.90 Å². The summed E-state index contributed by atoms with van der Waals surface area (Å²) in [6, 6.07) is -2.50. The molecule has 1 unspecified atom stereocenters. The lowest BCUT2D eigenvalue weighted by molar-refractivity contribution is -0.184. The highest BCUT2D eigenvalue weighted by Crippen LogP contribution is 2.24. The van der Waals surface area contributed by atoms with Crippen LogP contribution < -0.4 is 16.0 Å². The first-order valence-corrected chi connectivity index (χ1v) is 7.14. The maximum absolute atomic E-state index is 13.1. The van der Waals surface area contributed by atoms with Crippen molar-refractivity contribution in [3.63, 3.8) is 0 Å². The van der Waals surface area contributed by atoms with Gasteiger partial charge in [-0.3, -0.25) is 19.8 Å². The highest BCUT2D eigenvalue weighted by Gasteiger charge is 2.44. The van der Waals surface area contributed by atoms with Gasteiger partial charge in [-0.1, -0.05) is 0 Å². The number of amides is 4. The molecule has 2 aliphatic heterocycles. The first-order chi connectivity index (χ1) is 10.8. The fourth-order valence-electron chi connectivity index (χ4n) is 2.50. The fraction of sp³-hybridized carbons (Fsp3) is 0.750. The second-order valence-electron chi connectivity index (χ2n) is 5.36. The Morgan fingerprint density at radius 3 is 2.43 bits per heavy atom. The van der Waals surface area contributed by atoms with Gasteiger partial charge in [0.2, 0.25) is 11.8 Å². The number of hydrogen-bond donors (Lipinski definition) is 3. The molecule has 4 amide bonds. The molecule has 0 bridgehead atoms. The van der Waals surface area contributed by atoms with Gasteiger partial charge in [-0.15, -0.1) is 0 Å². The largest absolute Gasteiger partial charge is 0.405 e. The molecule has 0 aromatic heterocycles. The summed E-state index contributed by atoms with van der Waals surface area (Å²) in [7, 11) is 0. The Kier molecular flexibility index (Phi) is 5.42. The van der Waals surface area contributed by atoms with Crippen molar-refractivity contribution >= 4 is 17.8 Å². The molecule has 2 heterocycles. The van der Waals surface area contributed by atoms with Gasteiger partial charge in [-0.05, 0) is 0 Å². The summed E-state index contributed by atoms with van der Waals surface area (Å²) in [4.78, 5) is 36.2. The molecule has 2 fully saturated rings. The molecule has 11 heteroatoms. The van der Waals surface area contributed by atoms with Crippen LogP contribution in [0.4, 0.5) is 18.0 Å². The zero-order chi connectivity index (χ0) is 17.0. The number of rotatable bonds is 5. The molecule has 130 valence electrons. The predicted molar refractivity (Wildman–Crippen MR) is 72.4 cm³/mol. The maximum Gasteiger partial charge on any atom is 0.405 e. The van der Waals surface area contributed by atoms with Crippen molar-refractivity contribution in [2.45, 2.75) is 12.2 Å². The van der Waals surface area contributed by atoms with Crippen LogP contribution in [-0.4, -0.2) is 85.7 Å². The topological polar surface area (TPSA) is 93.8 Å². The average molecular weight is 337 g/mol. The quantitative estimate of drug-likeness (QED) is 0.531. The van der Waals surface area contributed by atoms with Crippen LogP contribution in [0.15, 0.2) is 0 Å². The molecular formula is C12H18F3N5O3. The molecule has 2 rings (SSSR count). The second-order valence-corrected chi connectivity index (χ2v) is 5.36. The summed E-state index contributed by atoms with van der Waals surface area (Å²) in [5, 5.41) is 7.14. The van der Waals surface area contributed by atoms with Gasteiger partial charge in [0.15, 0.2) is 0 Å². The van der Waals surface area contributed by atoms with Gasteiger partial charge in [-0.25, -0.2) is 4.79 Å². The number of halogens is 3. The molecule has 0 saturated carbocycles. The van der Waals surface area contributed by atoms with Crippen LogP contribution in [-0.2, 0) is 9.59 Å². The lowest BCUT2D eigenvalue weighted by atomic mass is 10.2. The van der Waals surface area contributed by atoms with Crippen molar-refractivity contribution in [3.05, 3.63) is 0 Å². The third-order valence-corrected chi connectivity index (χ3v) is 3.67. The van der Waals surface area contributed by atoms with E-state index in [0.29, 0.717) is 13.1 Å². The number of urea groups is 1. The van der Waals surface area contributed by atoms with Crippen LogP contribution in [0.5, 0.6) is 0 Å². The van der Waals surface area contributed by atoms with E-state index in [1.165, 1.54) is 4.90 Å². The Bertz CT molecular complexity index is 479. The number of carbonyl (C=O) groups excluding carboxylic acids is 3. The van der Waals surface area contributed by atoms with Crippen LogP contribution in [0, 0.1) is 0 Å². The Morgan fingerprint density at radius 1 is 1.26 bits per heavy atom. The summed E-state index contributed by atoms with van der Waals surface area (Å²) in [6.07, 6.45) is -4.47. The van der Waals surface area contributed by atoms with E-state index in [1.807, 2.05) is 5.32 Å². The van der Waals surface area contributed by atoms with Gasteiger partial charge in [0.05, 0.1) is 0 Å². The van der Waals surface area contributed by atoms with Crippen molar-refractivity contribution in [2.75, 3.05) is 45.8 Å².